The van der Waals surface area contributed by atoms with Crippen molar-refractivity contribution in [2.24, 2.45) is 0 Å². The lowest BCUT2D eigenvalue weighted by Crippen LogP contribution is -2.09. The molecule has 1 aromatic heterocycles. The summed E-state index contributed by atoms with van der Waals surface area (Å²) in [6, 6.07) is 0. The van der Waals surface area contributed by atoms with Crippen molar-refractivity contribution in [2.75, 3.05) is 0 Å². The van der Waals surface area contributed by atoms with Crippen LogP contribution in [0.25, 0.3) is 0 Å². The molecule has 0 fully saturated rings. The van der Waals surface area contributed by atoms with Crippen LogP contribution in [0.1, 0.15) is 5.69 Å². The van der Waals surface area contributed by atoms with E-state index in [-0.39, 0.29) is 4.73 Å². The Bertz CT molecular complexity index is 301. The molecule has 66 valence electrons. The first-order valence-electron chi connectivity index (χ1n) is 2.66. The van der Waals surface area contributed by atoms with Crippen LogP contribution in [0.3, 0.4) is 0 Å². The number of rotatable bonds is 0. The van der Waals surface area contributed by atoms with E-state index >= 15 is 0 Å². The van der Waals surface area contributed by atoms with E-state index in [0.29, 0.717) is 0 Å². The van der Waals surface area contributed by atoms with Gasteiger partial charge in [0.25, 0.3) is 0 Å². The molecule has 0 atom stereocenters. The number of hydrogen-bond acceptors (Lipinski definition) is 2. The second-order valence-electron chi connectivity index (χ2n) is 1.83. The van der Waals surface area contributed by atoms with Crippen molar-refractivity contribution in [1.29, 1.82) is 0 Å². The molecule has 0 unspecified atom stereocenters. The molecule has 0 spiro atoms. The van der Waals surface area contributed by atoms with Gasteiger partial charge < -0.3 is 0 Å². The van der Waals surface area contributed by atoms with Crippen molar-refractivity contribution < 1.29 is 13.2 Å². The zero-order valence-corrected chi connectivity index (χ0v) is 7.70. The molecule has 0 saturated carbocycles. The number of aromatic nitrogens is 2. The average molecular weight is 261 g/mol. The predicted octanol–water partition coefficient (Wildman–Crippen LogP) is 2.91. The van der Waals surface area contributed by atoms with Gasteiger partial charge in [0.05, 0.1) is 11.2 Å². The van der Waals surface area contributed by atoms with E-state index in [9.17, 15) is 13.2 Å². The second-order valence-corrected chi connectivity index (χ2v) is 2.95. The van der Waals surface area contributed by atoms with Gasteiger partial charge in [-0.05, 0) is 15.9 Å². The highest BCUT2D eigenvalue weighted by atomic mass is 79.9. The highest BCUT2D eigenvalue weighted by molar-refractivity contribution is 9.10. The minimum Gasteiger partial charge on any atom is -0.229 e. The molecule has 1 rings (SSSR count). The normalized spacial score (nSPS) is 11.8. The Morgan fingerprint density at radius 1 is 1.42 bits per heavy atom. The summed E-state index contributed by atoms with van der Waals surface area (Å²) in [6.07, 6.45) is -3.65. The van der Waals surface area contributed by atoms with Crippen molar-refractivity contribution in [1.82, 2.24) is 9.97 Å². The predicted molar refractivity (Wildman–Crippen MR) is 39.7 cm³/mol. The van der Waals surface area contributed by atoms with E-state index in [0.717, 1.165) is 6.20 Å². The fourth-order valence-corrected chi connectivity index (χ4v) is 1.02. The van der Waals surface area contributed by atoms with E-state index in [1.54, 1.807) is 0 Å². The van der Waals surface area contributed by atoms with E-state index in [2.05, 4.69) is 25.9 Å². The molecular weight excluding hydrogens is 260 g/mol. The fourth-order valence-electron chi connectivity index (χ4n) is 0.544. The van der Waals surface area contributed by atoms with Gasteiger partial charge in [-0.1, -0.05) is 11.6 Å². The van der Waals surface area contributed by atoms with Gasteiger partial charge in [-0.2, -0.15) is 13.2 Å². The first-order chi connectivity index (χ1) is 5.41. The smallest absolute Gasteiger partial charge is 0.229 e. The molecule has 0 aliphatic carbocycles. The Morgan fingerprint density at radius 2 is 2.00 bits per heavy atom. The molecule has 0 amide bonds. The number of nitrogens with zero attached hydrogens (tertiary/aromatic N) is 2. The summed E-state index contributed by atoms with van der Waals surface area (Å²) >= 11 is 7.92. The highest BCUT2D eigenvalue weighted by Gasteiger charge is 2.35. The maximum absolute atomic E-state index is 12.0. The molecule has 7 heteroatoms. The zero-order chi connectivity index (χ0) is 9.35. The molecule has 2 nitrogen and oxygen atoms in total. The molecule has 0 saturated heterocycles. The van der Waals surface area contributed by atoms with E-state index in [1.165, 1.54) is 0 Å². The topological polar surface area (TPSA) is 25.8 Å². The maximum atomic E-state index is 12.0. The van der Waals surface area contributed by atoms with Crippen molar-refractivity contribution in [3.63, 3.8) is 0 Å². The maximum Gasteiger partial charge on any atom is 0.434 e. The fraction of sp³-hybridized carbons (Fsp3) is 0.200. The lowest BCUT2D eigenvalue weighted by atomic mass is 10.4. The summed E-state index contributed by atoms with van der Waals surface area (Å²) in [5, 5.41) is -0.509. The third-order valence-corrected chi connectivity index (χ3v) is 1.64. The van der Waals surface area contributed by atoms with Crippen LogP contribution < -0.4 is 0 Å². The lowest BCUT2D eigenvalue weighted by Gasteiger charge is -2.06. The van der Waals surface area contributed by atoms with Gasteiger partial charge >= 0.3 is 6.18 Å². The van der Waals surface area contributed by atoms with Gasteiger partial charge in [0, 0.05) is 0 Å². The number of alkyl halides is 3. The number of hydrogen-bond donors (Lipinski definition) is 0. The summed E-state index contributed by atoms with van der Waals surface area (Å²) in [5.74, 6) is 0. The highest BCUT2D eigenvalue weighted by Crippen LogP contribution is 2.32. The Balaban J connectivity index is 3.23. The van der Waals surface area contributed by atoms with Gasteiger partial charge in [0.15, 0.2) is 10.4 Å². The molecule has 0 aliphatic rings. The lowest BCUT2D eigenvalue weighted by molar-refractivity contribution is -0.141. The quantitative estimate of drug-likeness (QED) is 0.671. The van der Waals surface area contributed by atoms with Crippen LogP contribution in [0, 0.1) is 0 Å². The van der Waals surface area contributed by atoms with Gasteiger partial charge in [-0.3, -0.25) is 0 Å². The summed E-state index contributed by atoms with van der Waals surface area (Å²) in [7, 11) is 0. The van der Waals surface area contributed by atoms with Crippen molar-refractivity contribution in [3.8, 4) is 0 Å². The van der Waals surface area contributed by atoms with Gasteiger partial charge in [0.1, 0.15) is 0 Å². The van der Waals surface area contributed by atoms with Crippen molar-refractivity contribution >= 4 is 27.5 Å². The summed E-state index contributed by atoms with van der Waals surface area (Å²) in [6.45, 7) is 0. The molecule has 0 radical (unpaired) electrons. The first kappa shape index (κ1) is 9.73. The van der Waals surface area contributed by atoms with Crippen LogP contribution >= 0.6 is 27.5 Å². The van der Waals surface area contributed by atoms with Crippen molar-refractivity contribution in [3.05, 3.63) is 21.6 Å². The molecule has 1 heterocycles. The Hall–Kier alpha value is -0.360. The summed E-state index contributed by atoms with van der Waals surface area (Å²) in [5.41, 5.74) is -1.13. The first-order valence-corrected chi connectivity index (χ1v) is 3.83. The summed E-state index contributed by atoms with van der Waals surface area (Å²) < 4.78 is 36.0. The zero-order valence-electron chi connectivity index (χ0n) is 5.36. The van der Waals surface area contributed by atoms with Crippen LogP contribution in [0.2, 0.25) is 5.02 Å². The van der Waals surface area contributed by atoms with E-state index in [4.69, 9.17) is 11.6 Å². The molecule has 0 N–H and O–H groups in total. The Labute approximate surface area is 78.9 Å². The molecule has 0 aromatic carbocycles. The summed E-state index contributed by atoms with van der Waals surface area (Å²) in [4.78, 5) is 6.52. The molecule has 12 heavy (non-hydrogen) atoms. The molecule has 1 aromatic rings. The van der Waals surface area contributed by atoms with Gasteiger partial charge in [0.2, 0.25) is 0 Å². The van der Waals surface area contributed by atoms with Crippen LogP contribution in [-0.4, -0.2) is 9.97 Å². The minimum atomic E-state index is -4.54. The van der Waals surface area contributed by atoms with Gasteiger partial charge in [-0.25, -0.2) is 9.97 Å². The van der Waals surface area contributed by atoms with Crippen molar-refractivity contribution in [2.45, 2.75) is 6.18 Å². The SMILES string of the molecule is FC(F)(F)c1nc(Br)ncc1Cl. The standard InChI is InChI=1S/C5HBrClF3N2/c6-4-11-1-2(7)3(12-4)5(8,9)10/h1H. The molecule has 0 aliphatic heterocycles. The Kier molecular flexibility index (Phi) is 2.58. The molecule has 0 bridgehead atoms. The van der Waals surface area contributed by atoms with Crippen LogP contribution in [0.5, 0.6) is 0 Å². The third kappa shape index (κ3) is 2.07. The number of halogens is 5. The van der Waals surface area contributed by atoms with E-state index in [1.807, 2.05) is 0 Å². The molecular formula is C5HBrClF3N2. The second kappa shape index (κ2) is 3.18. The van der Waals surface area contributed by atoms with Crippen LogP contribution in [-0.2, 0) is 6.18 Å². The third-order valence-electron chi connectivity index (χ3n) is 0.983. The Morgan fingerprint density at radius 3 is 2.42 bits per heavy atom. The van der Waals surface area contributed by atoms with E-state index < -0.39 is 16.9 Å². The monoisotopic (exact) mass is 260 g/mol. The van der Waals surface area contributed by atoms with Gasteiger partial charge in [-0.15, -0.1) is 0 Å². The van der Waals surface area contributed by atoms with Crippen LogP contribution in [0.4, 0.5) is 13.2 Å². The van der Waals surface area contributed by atoms with Crippen LogP contribution in [0.15, 0.2) is 10.9 Å². The average Bonchev–Trinajstić information content (AvgIpc) is 1.92. The largest absolute Gasteiger partial charge is 0.434 e. The minimum absolute atomic E-state index is 0.140.